The maximum atomic E-state index is 5.85. The van der Waals surface area contributed by atoms with Crippen molar-refractivity contribution in [3.63, 3.8) is 0 Å². The van der Waals surface area contributed by atoms with Crippen LogP contribution in [0.1, 0.15) is 19.4 Å². The lowest BCUT2D eigenvalue weighted by Gasteiger charge is -2.07. The Morgan fingerprint density at radius 2 is 1.79 bits per heavy atom. The molecule has 0 radical (unpaired) electrons. The molecule has 0 amide bonds. The summed E-state index contributed by atoms with van der Waals surface area (Å²) in [5, 5.41) is 4.82. The van der Waals surface area contributed by atoms with Gasteiger partial charge in [-0.3, -0.25) is 0 Å². The van der Waals surface area contributed by atoms with Gasteiger partial charge in [-0.25, -0.2) is 9.97 Å². The molecule has 1 N–H and O–H groups in total. The van der Waals surface area contributed by atoms with E-state index >= 15 is 0 Å². The van der Waals surface area contributed by atoms with Gasteiger partial charge in [0.15, 0.2) is 5.16 Å². The van der Waals surface area contributed by atoms with E-state index in [2.05, 4.69) is 29.1 Å². The number of hydrogen-bond acceptors (Lipinski definition) is 4. The number of aromatic nitrogens is 2. The molecule has 3 nitrogen and oxygen atoms in total. The van der Waals surface area contributed by atoms with E-state index in [1.54, 1.807) is 0 Å². The fourth-order valence-corrected chi connectivity index (χ4v) is 2.24. The highest BCUT2D eigenvalue weighted by molar-refractivity contribution is 7.99. The largest absolute Gasteiger partial charge is 0.310 e. The van der Waals surface area contributed by atoms with E-state index in [0.29, 0.717) is 6.04 Å². The van der Waals surface area contributed by atoms with Crippen molar-refractivity contribution < 1.29 is 0 Å². The molecule has 5 heteroatoms. The molecule has 0 bridgehead atoms. The maximum Gasteiger partial charge on any atom is 0.192 e. The fourth-order valence-electron chi connectivity index (χ4n) is 1.42. The van der Waals surface area contributed by atoms with Crippen molar-refractivity contribution in [3.05, 3.63) is 47.2 Å². The standard InChI is InChI=1S/C14H16ClN3S/c1-10(2)16-7-11-8-17-14(18-9-11)19-13-5-3-12(15)4-6-13/h3-6,8-10,16H,7H2,1-2H3. The highest BCUT2D eigenvalue weighted by atomic mass is 35.5. The van der Waals surface area contributed by atoms with Gasteiger partial charge < -0.3 is 5.32 Å². The van der Waals surface area contributed by atoms with Crippen LogP contribution in [0.4, 0.5) is 0 Å². The van der Waals surface area contributed by atoms with Gasteiger partial charge in [0.25, 0.3) is 0 Å². The average molecular weight is 294 g/mol. The van der Waals surface area contributed by atoms with Crippen molar-refractivity contribution in [1.29, 1.82) is 0 Å². The van der Waals surface area contributed by atoms with E-state index in [1.165, 1.54) is 11.8 Å². The Morgan fingerprint density at radius 3 is 2.37 bits per heavy atom. The highest BCUT2D eigenvalue weighted by Gasteiger charge is 2.02. The smallest absolute Gasteiger partial charge is 0.192 e. The summed E-state index contributed by atoms with van der Waals surface area (Å²) in [4.78, 5) is 9.79. The van der Waals surface area contributed by atoms with Gasteiger partial charge in [0, 0.05) is 40.5 Å². The molecule has 0 aliphatic carbocycles. The van der Waals surface area contributed by atoms with Gasteiger partial charge in [0.2, 0.25) is 0 Å². The van der Waals surface area contributed by atoms with E-state index < -0.39 is 0 Å². The summed E-state index contributed by atoms with van der Waals surface area (Å²) in [6.45, 7) is 5.03. The Kier molecular flexibility index (Phi) is 5.19. The van der Waals surface area contributed by atoms with Crippen LogP contribution >= 0.6 is 23.4 Å². The summed E-state index contributed by atoms with van der Waals surface area (Å²) in [6, 6.07) is 8.12. The number of halogens is 1. The molecule has 0 spiro atoms. The van der Waals surface area contributed by atoms with Crippen LogP contribution in [0.3, 0.4) is 0 Å². The predicted octanol–water partition coefficient (Wildman–Crippen LogP) is 3.78. The van der Waals surface area contributed by atoms with E-state index in [0.717, 1.165) is 27.2 Å². The second-order valence-corrected chi connectivity index (χ2v) is 5.94. The Hall–Kier alpha value is -1.10. The molecule has 0 atom stereocenters. The van der Waals surface area contributed by atoms with Crippen LogP contribution in [0, 0.1) is 0 Å². The van der Waals surface area contributed by atoms with Crippen LogP contribution < -0.4 is 5.32 Å². The molecule has 0 saturated heterocycles. The first kappa shape index (κ1) is 14.3. The molecule has 1 aromatic carbocycles. The predicted molar refractivity (Wildman–Crippen MR) is 79.6 cm³/mol. The van der Waals surface area contributed by atoms with Gasteiger partial charge in [-0.15, -0.1) is 0 Å². The first-order valence-electron chi connectivity index (χ1n) is 6.11. The number of hydrogen-bond donors (Lipinski definition) is 1. The molecule has 0 saturated carbocycles. The molecule has 2 rings (SSSR count). The minimum absolute atomic E-state index is 0.461. The van der Waals surface area contributed by atoms with Crippen LogP contribution in [0.5, 0.6) is 0 Å². The van der Waals surface area contributed by atoms with Crippen molar-refractivity contribution in [3.8, 4) is 0 Å². The summed E-state index contributed by atoms with van der Waals surface area (Å²) in [5.41, 5.74) is 1.09. The van der Waals surface area contributed by atoms with Gasteiger partial charge in [0.1, 0.15) is 0 Å². The average Bonchev–Trinajstić information content (AvgIpc) is 2.40. The Labute approximate surface area is 122 Å². The lowest BCUT2D eigenvalue weighted by atomic mass is 10.3. The van der Waals surface area contributed by atoms with Crippen molar-refractivity contribution in [2.24, 2.45) is 0 Å². The lowest BCUT2D eigenvalue weighted by Crippen LogP contribution is -2.21. The number of nitrogens with zero attached hydrogens (tertiary/aromatic N) is 2. The van der Waals surface area contributed by atoms with E-state index in [-0.39, 0.29) is 0 Å². The third-order valence-corrected chi connectivity index (χ3v) is 3.57. The van der Waals surface area contributed by atoms with E-state index in [9.17, 15) is 0 Å². The molecule has 2 aromatic rings. The summed E-state index contributed by atoms with van der Waals surface area (Å²) in [5.74, 6) is 0. The van der Waals surface area contributed by atoms with Crippen molar-refractivity contribution >= 4 is 23.4 Å². The minimum Gasteiger partial charge on any atom is -0.310 e. The third-order valence-electron chi connectivity index (χ3n) is 2.42. The zero-order chi connectivity index (χ0) is 13.7. The molecule has 1 aromatic heterocycles. The second-order valence-electron chi connectivity index (χ2n) is 4.47. The number of benzene rings is 1. The zero-order valence-electron chi connectivity index (χ0n) is 10.9. The topological polar surface area (TPSA) is 37.8 Å². The van der Waals surface area contributed by atoms with Gasteiger partial charge in [0.05, 0.1) is 0 Å². The van der Waals surface area contributed by atoms with Crippen LogP contribution in [0.25, 0.3) is 0 Å². The van der Waals surface area contributed by atoms with Gasteiger partial charge in [-0.1, -0.05) is 25.4 Å². The van der Waals surface area contributed by atoms with Crippen LogP contribution in [-0.2, 0) is 6.54 Å². The van der Waals surface area contributed by atoms with Crippen LogP contribution in [-0.4, -0.2) is 16.0 Å². The Morgan fingerprint density at radius 1 is 1.16 bits per heavy atom. The third kappa shape index (κ3) is 4.82. The van der Waals surface area contributed by atoms with E-state index in [4.69, 9.17) is 11.6 Å². The van der Waals surface area contributed by atoms with Crippen molar-refractivity contribution in [1.82, 2.24) is 15.3 Å². The molecule has 0 unspecified atom stereocenters. The monoisotopic (exact) mass is 293 g/mol. The van der Waals surface area contributed by atoms with Crippen molar-refractivity contribution in [2.75, 3.05) is 0 Å². The quantitative estimate of drug-likeness (QED) is 0.852. The van der Waals surface area contributed by atoms with Crippen LogP contribution in [0.15, 0.2) is 46.7 Å². The fraction of sp³-hybridized carbons (Fsp3) is 0.286. The molecule has 0 aliphatic heterocycles. The van der Waals surface area contributed by atoms with Gasteiger partial charge in [-0.2, -0.15) is 0 Å². The van der Waals surface area contributed by atoms with Crippen molar-refractivity contribution in [2.45, 2.75) is 36.5 Å². The molecule has 0 fully saturated rings. The second kappa shape index (κ2) is 6.89. The van der Waals surface area contributed by atoms with Gasteiger partial charge >= 0.3 is 0 Å². The molecular formula is C14H16ClN3S. The first-order chi connectivity index (χ1) is 9.13. The minimum atomic E-state index is 0.461. The normalized spacial score (nSPS) is 10.9. The lowest BCUT2D eigenvalue weighted by molar-refractivity contribution is 0.585. The summed E-state index contributed by atoms with van der Waals surface area (Å²) in [6.07, 6.45) is 3.72. The molecular weight excluding hydrogens is 278 g/mol. The maximum absolute atomic E-state index is 5.85. The van der Waals surface area contributed by atoms with Gasteiger partial charge in [-0.05, 0) is 36.0 Å². The summed E-state index contributed by atoms with van der Waals surface area (Å²) >= 11 is 7.38. The van der Waals surface area contributed by atoms with E-state index in [1.807, 2.05) is 36.7 Å². The Balaban J connectivity index is 1.96. The zero-order valence-corrected chi connectivity index (χ0v) is 12.5. The molecule has 1 heterocycles. The summed E-state index contributed by atoms with van der Waals surface area (Å²) in [7, 11) is 0. The molecule has 100 valence electrons. The SMILES string of the molecule is CC(C)NCc1cnc(Sc2ccc(Cl)cc2)nc1. The highest BCUT2D eigenvalue weighted by Crippen LogP contribution is 2.25. The molecule has 19 heavy (non-hydrogen) atoms. The molecule has 0 aliphatic rings. The first-order valence-corrected chi connectivity index (χ1v) is 7.30. The summed E-state index contributed by atoms with van der Waals surface area (Å²) < 4.78 is 0. The van der Waals surface area contributed by atoms with Crippen LogP contribution in [0.2, 0.25) is 5.02 Å². The number of nitrogens with one attached hydrogen (secondary N) is 1. The Bertz CT molecular complexity index is 511. The number of rotatable bonds is 5.